The normalized spacial score (nSPS) is 10.4. The van der Waals surface area contributed by atoms with Crippen LogP contribution < -0.4 is 0 Å². The van der Waals surface area contributed by atoms with E-state index in [9.17, 15) is 9.59 Å². The van der Waals surface area contributed by atoms with Gasteiger partial charge < -0.3 is 13.6 Å². The summed E-state index contributed by atoms with van der Waals surface area (Å²) in [6.45, 7) is 6.84. The van der Waals surface area contributed by atoms with Gasteiger partial charge in [-0.1, -0.05) is 20.8 Å². The highest BCUT2D eigenvalue weighted by molar-refractivity contribution is 6.48. The third kappa shape index (κ3) is 9.18. The third-order valence-electron chi connectivity index (χ3n) is 2.18. The summed E-state index contributed by atoms with van der Waals surface area (Å²) in [5.41, 5.74) is 0. The molecule has 0 unspecified atom stereocenters. The Labute approximate surface area is 111 Å². The van der Waals surface area contributed by atoms with E-state index < -0.39 is 9.28 Å². The zero-order valence-electron chi connectivity index (χ0n) is 11.6. The van der Waals surface area contributed by atoms with E-state index in [1.165, 1.54) is 0 Å². The number of rotatable bonds is 10. The number of carbonyl (C=O) groups is 2. The van der Waals surface area contributed by atoms with Crippen molar-refractivity contribution in [2.75, 3.05) is 13.2 Å². The first kappa shape index (κ1) is 17.1. The summed E-state index contributed by atoms with van der Waals surface area (Å²) in [4.78, 5) is 22.4. The fourth-order valence-electron chi connectivity index (χ4n) is 1.20. The Kier molecular flexibility index (Phi) is 10.7. The van der Waals surface area contributed by atoms with E-state index in [0.29, 0.717) is 25.5 Å². The van der Waals surface area contributed by atoms with Crippen molar-refractivity contribution in [2.24, 2.45) is 0 Å². The highest BCUT2D eigenvalue weighted by Gasteiger charge is 2.21. The second-order valence-electron chi connectivity index (χ2n) is 3.87. The topological polar surface area (TPSA) is 61.8 Å². The highest BCUT2D eigenvalue weighted by Crippen LogP contribution is 2.05. The van der Waals surface area contributed by atoms with Crippen LogP contribution in [-0.2, 0) is 23.2 Å². The lowest BCUT2D eigenvalue weighted by molar-refractivity contribution is -0.140. The minimum Gasteiger partial charge on any atom is -0.487 e. The van der Waals surface area contributed by atoms with Crippen molar-refractivity contribution in [2.45, 2.75) is 52.5 Å². The highest BCUT2D eigenvalue weighted by atomic mass is 28.3. The second kappa shape index (κ2) is 11.2. The lowest BCUT2D eigenvalue weighted by atomic mass is 10.5. The van der Waals surface area contributed by atoms with Crippen LogP contribution in [0.3, 0.4) is 0 Å². The molecule has 106 valence electrons. The van der Waals surface area contributed by atoms with Crippen LogP contribution in [0.25, 0.3) is 0 Å². The van der Waals surface area contributed by atoms with Crippen molar-refractivity contribution < 1.29 is 23.2 Å². The van der Waals surface area contributed by atoms with Gasteiger partial charge in [0.2, 0.25) is 0 Å². The summed E-state index contributed by atoms with van der Waals surface area (Å²) in [5, 5.41) is 0. The quantitative estimate of drug-likeness (QED) is 0.451. The molecule has 0 aromatic rings. The summed E-state index contributed by atoms with van der Waals surface area (Å²) in [6, 6.07) is 0.612. The molecule has 0 amide bonds. The molecule has 18 heavy (non-hydrogen) atoms. The minimum atomic E-state index is -2.22. The molecule has 0 atom stereocenters. The van der Waals surface area contributed by atoms with Gasteiger partial charge in [-0.2, -0.15) is 0 Å². The maximum absolute atomic E-state index is 11.2. The van der Waals surface area contributed by atoms with E-state index in [0.717, 1.165) is 19.4 Å². The molecule has 5 nitrogen and oxygen atoms in total. The maximum atomic E-state index is 11.2. The van der Waals surface area contributed by atoms with Crippen LogP contribution in [0.15, 0.2) is 0 Å². The number of carbonyl (C=O) groups excluding carboxylic acids is 2. The summed E-state index contributed by atoms with van der Waals surface area (Å²) in [6.07, 6.45) is 2.35. The molecular formula is C12H24O5Si. The number of hydrogen-bond acceptors (Lipinski definition) is 5. The van der Waals surface area contributed by atoms with E-state index in [4.69, 9.17) is 13.6 Å². The van der Waals surface area contributed by atoms with Crippen LogP contribution in [0.5, 0.6) is 0 Å². The molecule has 0 rings (SSSR count). The van der Waals surface area contributed by atoms with Gasteiger partial charge in [0.05, 0.1) is 0 Å². The molecule has 0 aliphatic carbocycles. The van der Waals surface area contributed by atoms with E-state index in [1.54, 1.807) is 13.8 Å². The van der Waals surface area contributed by atoms with Gasteiger partial charge in [0.25, 0.3) is 11.9 Å². The Morgan fingerprint density at radius 1 is 0.944 bits per heavy atom. The van der Waals surface area contributed by atoms with Gasteiger partial charge in [-0.25, -0.2) is 0 Å². The molecule has 6 heteroatoms. The zero-order chi connectivity index (χ0) is 13.8. The Morgan fingerprint density at radius 3 is 1.94 bits per heavy atom. The molecule has 0 aliphatic heterocycles. The van der Waals surface area contributed by atoms with Gasteiger partial charge in [-0.3, -0.25) is 9.59 Å². The third-order valence-corrected chi connectivity index (χ3v) is 4.11. The Bertz CT molecular complexity index is 227. The largest absolute Gasteiger partial charge is 0.487 e. The molecule has 0 saturated heterocycles. The van der Waals surface area contributed by atoms with Crippen molar-refractivity contribution in [3.8, 4) is 0 Å². The van der Waals surface area contributed by atoms with Gasteiger partial charge in [0.1, 0.15) is 0 Å². The molecule has 0 bridgehead atoms. The van der Waals surface area contributed by atoms with Crippen LogP contribution >= 0.6 is 0 Å². The van der Waals surface area contributed by atoms with Gasteiger partial charge in [0, 0.05) is 32.1 Å². The average Bonchev–Trinajstić information content (AvgIpc) is 2.37. The van der Waals surface area contributed by atoms with Crippen LogP contribution in [-0.4, -0.2) is 34.4 Å². The van der Waals surface area contributed by atoms with E-state index in [2.05, 4.69) is 0 Å². The Balaban J connectivity index is 3.96. The molecule has 0 heterocycles. The lowest BCUT2D eigenvalue weighted by Gasteiger charge is -2.15. The van der Waals surface area contributed by atoms with Crippen LogP contribution in [0.4, 0.5) is 0 Å². The van der Waals surface area contributed by atoms with E-state index in [-0.39, 0.29) is 11.9 Å². The van der Waals surface area contributed by atoms with E-state index >= 15 is 0 Å². The average molecular weight is 276 g/mol. The van der Waals surface area contributed by atoms with Crippen LogP contribution in [0.1, 0.15) is 46.5 Å². The van der Waals surface area contributed by atoms with Gasteiger partial charge in [-0.15, -0.1) is 0 Å². The molecular weight excluding hydrogens is 252 g/mol. The van der Waals surface area contributed by atoms with Crippen LogP contribution in [0.2, 0.25) is 6.04 Å². The first-order chi connectivity index (χ1) is 8.63. The first-order valence-electron chi connectivity index (χ1n) is 6.60. The SMILES string of the molecule is CCCOCCC[SiH](OC(=O)CC)OC(=O)CC. The van der Waals surface area contributed by atoms with Crippen molar-refractivity contribution in [3.63, 3.8) is 0 Å². The number of hydrogen-bond donors (Lipinski definition) is 0. The minimum absolute atomic E-state index is 0.301. The molecule has 0 aliphatic rings. The fraction of sp³-hybridized carbons (Fsp3) is 0.833. The van der Waals surface area contributed by atoms with E-state index in [1.807, 2.05) is 6.92 Å². The van der Waals surface area contributed by atoms with Crippen molar-refractivity contribution >= 4 is 21.2 Å². The van der Waals surface area contributed by atoms with Crippen LogP contribution in [0, 0.1) is 0 Å². The zero-order valence-corrected chi connectivity index (χ0v) is 12.7. The van der Waals surface area contributed by atoms with Crippen molar-refractivity contribution in [3.05, 3.63) is 0 Å². The van der Waals surface area contributed by atoms with Gasteiger partial charge in [-0.05, 0) is 12.8 Å². The van der Waals surface area contributed by atoms with Gasteiger partial charge in [0.15, 0.2) is 0 Å². The van der Waals surface area contributed by atoms with Crippen molar-refractivity contribution in [1.82, 2.24) is 0 Å². The fourth-order valence-corrected chi connectivity index (χ4v) is 2.90. The predicted octanol–water partition coefficient (Wildman–Crippen LogP) is 1.93. The smallest absolute Gasteiger partial charge is 0.448 e. The molecule has 0 fully saturated rings. The number of ether oxygens (including phenoxy) is 1. The summed E-state index contributed by atoms with van der Waals surface area (Å²) in [5.74, 6) is -0.602. The standard InChI is InChI=1S/C12H24O5Si/c1-4-8-15-9-7-10-18(16-11(13)5-2)17-12(14)6-3/h18H,4-10H2,1-3H3. The van der Waals surface area contributed by atoms with Gasteiger partial charge >= 0.3 is 9.28 Å². The molecule has 0 aromatic carbocycles. The van der Waals surface area contributed by atoms with Crippen molar-refractivity contribution in [1.29, 1.82) is 0 Å². The summed E-state index contributed by atoms with van der Waals surface area (Å²) in [7, 11) is -2.22. The molecule has 0 N–H and O–H groups in total. The molecule has 0 radical (unpaired) electrons. The Hall–Kier alpha value is -0.883. The maximum Gasteiger partial charge on any atom is 0.448 e. The first-order valence-corrected chi connectivity index (χ1v) is 8.36. The summed E-state index contributed by atoms with van der Waals surface area (Å²) < 4.78 is 15.7. The predicted molar refractivity (Wildman–Crippen MR) is 70.4 cm³/mol. The summed E-state index contributed by atoms with van der Waals surface area (Å²) >= 11 is 0. The molecule has 0 saturated carbocycles. The Morgan fingerprint density at radius 2 is 1.50 bits per heavy atom. The molecule has 0 aromatic heterocycles. The second-order valence-corrected chi connectivity index (χ2v) is 5.78. The lowest BCUT2D eigenvalue weighted by Crippen LogP contribution is -2.29. The monoisotopic (exact) mass is 276 g/mol. The molecule has 0 spiro atoms.